The summed E-state index contributed by atoms with van der Waals surface area (Å²) in [6.45, 7) is 9.07. The highest BCUT2D eigenvalue weighted by Crippen LogP contribution is 2.42. The first-order valence-corrected chi connectivity index (χ1v) is 15.1. The van der Waals surface area contributed by atoms with E-state index in [0.29, 0.717) is 29.4 Å². The molecule has 0 aliphatic carbocycles. The Labute approximate surface area is 263 Å². The van der Waals surface area contributed by atoms with Gasteiger partial charge in [-0.15, -0.1) is 0 Å². The summed E-state index contributed by atoms with van der Waals surface area (Å²) in [7, 11) is 4.39. The number of fused-ring (bicyclic) bond motifs is 1. The fourth-order valence-corrected chi connectivity index (χ4v) is 5.70. The van der Waals surface area contributed by atoms with Gasteiger partial charge in [-0.3, -0.25) is 19.3 Å². The molecule has 1 saturated heterocycles. The third-order valence-electron chi connectivity index (χ3n) is 7.93. The van der Waals surface area contributed by atoms with Crippen molar-refractivity contribution in [3.63, 3.8) is 0 Å². The van der Waals surface area contributed by atoms with E-state index < -0.39 is 11.8 Å². The van der Waals surface area contributed by atoms with Gasteiger partial charge < -0.3 is 29.2 Å². The molecule has 11 heteroatoms. The summed E-state index contributed by atoms with van der Waals surface area (Å²) in [6, 6.07) is 15.8. The van der Waals surface area contributed by atoms with Gasteiger partial charge in [0.15, 0.2) is 11.5 Å². The number of ether oxygens (including phenoxy) is 4. The van der Waals surface area contributed by atoms with E-state index in [1.165, 1.54) is 45.6 Å². The maximum atomic E-state index is 13.4. The Hall–Kier alpha value is -4.77. The van der Waals surface area contributed by atoms with Gasteiger partial charge in [0, 0.05) is 50.4 Å². The van der Waals surface area contributed by atoms with Crippen LogP contribution in [0.3, 0.4) is 0 Å². The van der Waals surface area contributed by atoms with Crippen molar-refractivity contribution in [2.75, 3.05) is 70.4 Å². The number of methoxy groups -OCH3 is 3. The first kappa shape index (κ1) is 31.6. The maximum Gasteiger partial charge on any atom is 0.266 e. The van der Waals surface area contributed by atoms with Crippen LogP contribution >= 0.6 is 0 Å². The minimum atomic E-state index is -0.531. The van der Waals surface area contributed by atoms with Crippen molar-refractivity contribution in [1.29, 1.82) is 0 Å². The second-order valence-electron chi connectivity index (χ2n) is 11.2. The standard InChI is InChI=1S/C34H40N4O7/c1-22(2)45-28-10-7-6-9-27(28)37-17-15-36(16-18-37)14-8-13-35-32(39)23-11-12-25-26(19-23)34(41)38(33(25)40)24-20-29(42-3)31(44-5)30(21-24)43-4/h6-7,9-12,19-22H,8,13-18H2,1-5H3,(H,35,39). The number of anilines is 2. The lowest BCUT2D eigenvalue weighted by Crippen LogP contribution is -2.47. The number of para-hydroxylation sites is 2. The topological polar surface area (TPSA) is 110 Å². The van der Waals surface area contributed by atoms with Gasteiger partial charge in [0.2, 0.25) is 5.75 Å². The van der Waals surface area contributed by atoms with E-state index in [-0.39, 0.29) is 28.8 Å². The van der Waals surface area contributed by atoms with Crippen LogP contribution in [0.2, 0.25) is 0 Å². The number of nitrogens with zero attached hydrogens (tertiary/aromatic N) is 3. The average molecular weight is 617 g/mol. The lowest BCUT2D eigenvalue weighted by Gasteiger charge is -2.37. The minimum Gasteiger partial charge on any atom is -0.493 e. The Morgan fingerprint density at radius 1 is 0.822 bits per heavy atom. The number of benzene rings is 3. The van der Waals surface area contributed by atoms with Gasteiger partial charge in [-0.1, -0.05) is 12.1 Å². The molecule has 2 heterocycles. The molecule has 0 aromatic heterocycles. The van der Waals surface area contributed by atoms with Crippen LogP contribution < -0.4 is 34.1 Å². The van der Waals surface area contributed by atoms with Crippen molar-refractivity contribution < 1.29 is 33.3 Å². The zero-order valence-corrected chi connectivity index (χ0v) is 26.4. The molecule has 45 heavy (non-hydrogen) atoms. The lowest BCUT2D eigenvalue weighted by molar-refractivity contribution is 0.0923. The Bertz CT molecular complexity index is 1540. The van der Waals surface area contributed by atoms with Crippen LogP contribution in [0.25, 0.3) is 0 Å². The minimum absolute atomic E-state index is 0.116. The fraction of sp³-hybridized carbons (Fsp3) is 0.382. The molecule has 2 aliphatic heterocycles. The molecule has 238 valence electrons. The zero-order chi connectivity index (χ0) is 32.1. The molecule has 0 spiro atoms. The highest BCUT2D eigenvalue weighted by Gasteiger charge is 2.38. The van der Waals surface area contributed by atoms with E-state index in [1.54, 1.807) is 6.07 Å². The van der Waals surface area contributed by atoms with Gasteiger partial charge in [-0.2, -0.15) is 0 Å². The van der Waals surface area contributed by atoms with E-state index in [1.807, 2.05) is 32.0 Å². The summed E-state index contributed by atoms with van der Waals surface area (Å²) >= 11 is 0. The number of nitrogens with one attached hydrogen (secondary N) is 1. The summed E-state index contributed by atoms with van der Waals surface area (Å²) in [6.07, 6.45) is 0.904. The van der Waals surface area contributed by atoms with Crippen LogP contribution in [-0.2, 0) is 0 Å². The lowest BCUT2D eigenvalue weighted by atomic mass is 10.1. The molecular weight excluding hydrogens is 576 g/mol. The van der Waals surface area contributed by atoms with Crippen molar-refractivity contribution in [2.45, 2.75) is 26.4 Å². The largest absolute Gasteiger partial charge is 0.493 e. The molecule has 0 unspecified atom stereocenters. The Morgan fingerprint density at radius 2 is 1.49 bits per heavy atom. The predicted molar refractivity (Wildman–Crippen MR) is 171 cm³/mol. The van der Waals surface area contributed by atoms with Crippen LogP contribution in [0.5, 0.6) is 23.0 Å². The average Bonchev–Trinajstić information content (AvgIpc) is 3.30. The molecule has 1 fully saturated rings. The number of hydrogen-bond donors (Lipinski definition) is 1. The van der Waals surface area contributed by atoms with E-state index in [2.05, 4.69) is 21.2 Å². The number of imide groups is 1. The molecule has 0 radical (unpaired) electrons. The van der Waals surface area contributed by atoms with Crippen LogP contribution in [0.1, 0.15) is 51.3 Å². The van der Waals surface area contributed by atoms with Crippen molar-refractivity contribution in [2.24, 2.45) is 0 Å². The van der Waals surface area contributed by atoms with Gasteiger partial charge in [0.25, 0.3) is 17.7 Å². The number of carbonyl (C=O) groups excluding carboxylic acids is 3. The molecular formula is C34H40N4O7. The zero-order valence-electron chi connectivity index (χ0n) is 26.4. The van der Waals surface area contributed by atoms with E-state index in [4.69, 9.17) is 18.9 Å². The van der Waals surface area contributed by atoms with E-state index in [0.717, 1.165) is 55.5 Å². The second-order valence-corrected chi connectivity index (χ2v) is 11.2. The normalized spacial score (nSPS) is 14.9. The Morgan fingerprint density at radius 3 is 2.13 bits per heavy atom. The van der Waals surface area contributed by atoms with Crippen molar-refractivity contribution in [3.8, 4) is 23.0 Å². The molecule has 3 aromatic rings. The van der Waals surface area contributed by atoms with Crippen molar-refractivity contribution >= 4 is 29.1 Å². The van der Waals surface area contributed by atoms with Crippen molar-refractivity contribution in [3.05, 3.63) is 71.3 Å². The quantitative estimate of drug-likeness (QED) is 0.236. The molecule has 0 atom stereocenters. The van der Waals surface area contributed by atoms with E-state index >= 15 is 0 Å². The first-order valence-electron chi connectivity index (χ1n) is 15.1. The van der Waals surface area contributed by atoms with Crippen LogP contribution in [0.4, 0.5) is 11.4 Å². The highest BCUT2D eigenvalue weighted by molar-refractivity contribution is 6.34. The molecule has 2 aliphatic rings. The van der Waals surface area contributed by atoms with Crippen molar-refractivity contribution in [1.82, 2.24) is 10.2 Å². The highest BCUT2D eigenvalue weighted by atomic mass is 16.5. The Balaban J connectivity index is 1.15. The molecule has 3 amide bonds. The van der Waals surface area contributed by atoms with Gasteiger partial charge >= 0.3 is 0 Å². The van der Waals surface area contributed by atoms with Crippen LogP contribution in [0.15, 0.2) is 54.6 Å². The molecule has 3 aromatic carbocycles. The number of rotatable bonds is 12. The maximum absolute atomic E-state index is 13.4. The third-order valence-corrected chi connectivity index (χ3v) is 7.93. The van der Waals surface area contributed by atoms with Gasteiger partial charge in [0.1, 0.15) is 5.75 Å². The summed E-state index contributed by atoms with van der Waals surface area (Å²) in [5.74, 6) is 0.563. The fourth-order valence-electron chi connectivity index (χ4n) is 5.70. The number of amides is 3. The predicted octanol–water partition coefficient (Wildman–Crippen LogP) is 4.24. The SMILES string of the molecule is COc1cc(N2C(=O)c3ccc(C(=O)NCCCN4CCN(c5ccccc5OC(C)C)CC4)cc3C2=O)cc(OC)c1OC. The monoisotopic (exact) mass is 616 g/mol. The summed E-state index contributed by atoms with van der Waals surface area (Å²) < 4.78 is 22.1. The molecule has 11 nitrogen and oxygen atoms in total. The molecule has 0 bridgehead atoms. The van der Waals surface area contributed by atoms with Crippen LogP contribution in [-0.4, -0.2) is 89.3 Å². The molecule has 1 N–H and O–H groups in total. The molecule has 5 rings (SSSR count). The van der Waals surface area contributed by atoms with Gasteiger partial charge in [0.05, 0.1) is 49.9 Å². The summed E-state index contributed by atoms with van der Waals surface area (Å²) in [5, 5.41) is 2.95. The number of hydrogen-bond acceptors (Lipinski definition) is 9. The summed E-state index contributed by atoms with van der Waals surface area (Å²) in [5.41, 5.74) is 2.11. The smallest absolute Gasteiger partial charge is 0.266 e. The van der Waals surface area contributed by atoms with Crippen LogP contribution in [0, 0.1) is 0 Å². The number of carbonyl (C=O) groups is 3. The van der Waals surface area contributed by atoms with Gasteiger partial charge in [-0.05, 0) is 57.1 Å². The van der Waals surface area contributed by atoms with E-state index in [9.17, 15) is 14.4 Å². The third kappa shape index (κ3) is 6.68. The Kier molecular flexibility index (Phi) is 9.77. The number of piperazine rings is 1. The van der Waals surface area contributed by atoms with Gasteiger partial charge in [-0.25, -0.2) is 4.90 Å². The summed E-state index contributed by atoms with van der Waals surface area (Å²) in [4.78, 5) is 45.4. The second kappa shape index (κ2) is 13.9. The molecule has 0 saturated carbocycles. The first-order chi connectivity index (χ1) is 21.7.